The minimum absolute atomic E-state index is 0.0194. The number of unbranched alkanes of at least 4 members (excludes halogenated alkanes) is 1. The second-order valence-electron chi connectivity index (χ2n) is 3.26. The van der Waals surface area contributed by atoms with E-state index in [0.717, 1.165) is 36.0 Å². The van der Waals surface area contributed by atoms with Crippen LogP contribution in [0.4, 0.5) is 0 Å². The molecule has 1 heterocycles. The van der Waals surface area contributed by atoms with E-state index in [0.29, 0.717) is 5.56 Å². The largest absolute Gasteiger partial charge is 0.469 e. The topological polar surface area (TPSA) is 42.2 Å². The first-order valence-corrected chi connectivity index (χ1v) is 6.72. The average molecular weight is 321 g/mol. The van der Waals surface area contributed by atoms with Gasteiger partial charge in [-0.2, -0.15) is 0 Å². The van der Waals surface area contributed by atoms with Gasteiger partial charge in [0.05, 0.1) is 11.8 Å². The number of amides is 1. The van der Waals surface area contributed by atoms with E-state index < -0.39 is 0 Å². The summed E-state index contributed by atoms with van der Waals surface area (Å²) in [4.78, 5) is 11.7. The van der Waals surface area contributed by atoms with E-state index in [4.69, 9.17) is 4.42 Å². The quantitative estimate of drug-likeness (QED) is 0.497. The molecule has 0 radical (unpaired) electrons. The van der Waals surface area contributed by atoms with Crippen LogP contribution in [0, 0.1) is 0 Å². The van der Waals surface area contributed by atoms with Crippen molar-refractivity contribution in [2.75, 3.05) is 11.0 Å². The lowest BCUT2D eigenvalue weighted by Crippen LogP contribution is -2.24. The zero-order chi connectivity index (χ0) is 11.1. The van der Waals surface area contributed by atoms with Crippen molar-refractivity contribution in [1.29, 1.82) is 0 Å². The third kappa shape index (κ3) is 3.85. The van der Waals surface area contributed by atoms with Gasteiger partial charge in [-0.3, -0.25) is 4.79 Å². The van der Waals surface area contributed by atoms with Crippen molar-refractivity contribution < 1.29 is 9.21 Å². The van der Waals surface area contributed by atoms with Gasteiger partial charge < -0.3 is 9.73 Å². The Labute approximate surface area is 104 Å². The summed E-state index contributed by atoms with van der Waals surface area (Å²) in [6, 6.07) is 1.73. The molecule has 0 aliphatic rings. The van der Waals surface area contributed by atoms with Crippen LogP contribution < -0.4 is 5.32 Å². The Bertz CT molecular complexity index is 309. The molecule has 0 fully saturated rings. The van der Waals surface area contributed by atoms with Gasteiger partial charge >= 0.3 is 0 Å². The SMILES string of the molecule is CCc1occc1C(=O)NCCCCI. The standard InChI is InChI=1S/C11H16INO2/c1-2-10-9(5-8-15-10)11(14)13-7-4-3-6-12/h5,8H,2-4,6-7H2,1H3,(H,13,14). The molecule has 3 nitrogen and oxygen atoms in total. The number of furan rings is 1. The summed E-state index contributed by atoms with van der Waals surface area (Å²) in [6.07, 6.45) is 4.50. The lowest BCUT2D eigenvalue weighted by molar-refractivity contribution is 0.0951. The Morgan fingerprint density at radius 3 is 3.00 bits per heavy atom. The van der Waals surface area contributed by atoms with Crippen LogP contribution >= 0.6 is 22.6 Å². The van der Waals surface area contributed by atoms with E-state index >= 15 is 0 Å². The zero-order valence-corrected chi connectivity index (χ0v) is 11.0. The van der Waals surface area contributed by atoms with Crippen LogP contribution in [0.25, 0.3) is 0 Å². The number of aryl methyl sites for hydroxylation is 1. The fraction of sp³-hybridized carbons (Fsp3) is 0.545. The van der Waals surface area contributed by atoms with Gasteiger partial charge in [0.1, 0.15) is 5.76 Å². The maximum atomic E-state index is 11.7. The second kappa shape index (κ2) is 6.87. The van der Waals surface area contributed by atoms with Crippen LogP contribution in [-0.2, 0) is 6.42 Å². The highest BCUT2D eigenvalue weighted by atomic mass is 127. The van der Waals surface area contributed by atoms with Gasteiger partial charge in [0.2, 0.25) is 0 Å². The maximum absolute atomic E-state index is 11.7. The molecule has 1 aromatic heterocycles. The summed E-state index contributed by atoms with van der Waals surface area (Å²) in [5, 5.41) is 2.89. The monoisotopic (exact) mass is 321 g/mol. The van der Waals surface area contributed by atoms with Gasteiger partial charge in [0.25, 0.3) is 5.91 Å². The molecule has 0 aliphatic heterocycles. The summed E-state index contributed by atoms with van der Waals surface area (Å²) >= 11 is 2.34. The minimum atomic E-state index is -0.0194. The molecule has 0 spiro atoms. The molecule has 1 aromatic rings. The fourth-order valence-corrected chi connectivity index (χ4v) is 1.87. The van der Waals surface area contributed by atoms with Crippen molar-refractivity contribution >= 4 is 28.5 Å². The van der Waals surface area contributed by atoms with Crippen LogP contribution in [0.1, 0.15) is 35.9 Å². The minimum Gasteiger partial charge on any atom is -0.469 e. The molecule has 0 unspecified atom stereocenters. The number of carbonyl (C=O) groups is 1. The highest BCUT2D eigenvalue weighted by molar-refractivity contribution is 14.1. The van der Waals surface area contributed by atoms with E-state index in [-0.39, 0.29) is 5.91 Å². The van der Waals surface area contributed by atoms with Gasteiger partial charge in [0, 0.05) is 13.0 Å². The first-order valence-electron chi connectivity index (χ1n) is 5.20. The van der Waals surface area contributed by atoms with E-state index in [9.17, 15) is 4.79 Å². The molecule has 1 rings (SSSR count). The van der Waals surface area contributed by atoms with Gasteiger partial charge in [-0.1, -0.05) is 29.5 Å². The van der Waals surface area contributed by atoms with E-state index in [1.54, 1.807) is 12.3 Å². The number of alkyl halides is 1. The summed E-state index contributed by atoms with van der Waals surface area (Å²) in [7, 11) is 0. The second-order valence-corrected chi connectivity index (χ2v) is 4.34. The molecular weight excluding hydrogens is 305 g/mol. The summed E-state index contributed by atoms with van der Waals surface area (Å²) < 4.78 is 6.34. The molecule has 15 heavy (non-hydrogen) atoms. The number of hydrogen-bond donors (Lipinski definition) is 1. The number of carbonyl (C=O) groups excluding carboxylic acids is 1. The molecule has 1 N–H and O–H groups in total. The van der Waals surface area contributed by atoms with Gasteiger partial charge in [-0.25, -0.2) is 0 Å². The molecule has 0 aromatic carbocycles. The fourth-order valence-electron chi connectivity index (χ4n) is 1.33. The van der Waals surface area contributed by atoms with Crippen LogP contribution in [0.3, 0.4) is 0 Å². The van der Waals surface area contributed by atoms with Crippen molar-refractivity contribution in [2.45, 2.75) is 26.2 Å². The highest BCUT2D eigenvalue weighted by Gasteiger charge is 2.11. The number of rotatable bonds is 6. The first kappa shape index (κ1) is 12.5. The van der Waals surface area contributed by atoms with Crippen LogP contribution in [0.15, 0.2) is 16.7 Å². The Kier molecular flexibility index (Phi) is 5.75. The zero-order valence-electron chi connectivity index (χ0n) is 8.88. The lowest BCUT2D eigenvalue weighted by atomic mass is 10.2. The first-order chi connectivity index (χ1) is 7.29. The van der Waals surface area contributed by atoms with Crippen molar-refractivity contribution in [3.63, 3.8) is 0 Å². The van der Waals surface area contributed by atoms with Gasteiger partial charge in [-0.15, -0.1) is 0 Å². The molecular formula is C11H16INO2. The lowest BCUT2D eigenvalue weighted by Gasteiger charge is -2.03. The van der Waals surface area contributed by atoms with Crippen molar-refractivity contribution in [2.24, 2.45) is 0 Å². The van der Waals surface area contributed by atoms with Crippen LogP contribution in [0.5, 0.6) is 0 Å². The van der Waals surface area contributed by atoms with Crippen LogP contribution in [0.2, 0.25) is 0 Å². The Morgan fingerprint density at radius 2 is 2.33 bits per heavy atom. The number of nitrogens with one attached hydrogen (secondary N) is 1. The highest BCUT2D eigenvalue weighted by Crippen LogP contribution is 2.10. The number of halogens is 1. The van der Waals surface area contributed by atoms with E-state index in [1.807, 2.05) is 6.92 Å². The van der Waals surface area contributed by atoms with Crippen molar-refractivity contribution in [3.8, 4) is 0 Å². The molecule has 0 bridgehead atoms. The van der Waals surface area contributed by atoms with E-state index in [1.165, 1.54) is 0 Å². The Balaban J connectivity index is 2.40. The predicted molar refractivity (Wildman–Crippen MR) is 68.5 cm³/mol. The molecule has 84 valence electrons. The maximum Gasteiger partial charge on any atom is 0.254 e. The normalized spacial score (nSPS) is 10.3. The van der Waals surface area contributed by atoms with E-state index in [2.05, 4.69) is 27.9 Å². The predicted octanol–water partition coefficient (Wildman–Crippen LogP) is 2.79. The third-order valence-electron chi connectivity index (χ3n) is 2.16. The third-order valence-corrected chi connectivity index (χ3v) is 2.92. The van der Waals surface area contributed by atoms with Gasteiger partial charge in [0.15, 0.2) is 0 Å². The van der Waals surface area contributed by atoms with Crippen molar-refractivity contribution in [3.05, 3.63) is 23.7 Å². The van der Waals surface area contributed by atoms with Crippen molar-refractivity contribution in [1.82, 2.24) is 5.32 Å². The van der Waals surface area contributed by atoms with Gasteiger partial charge in [-0.05, 0) is 23.3 Å². The summed E-state index contributed by atoms with van der Waals surface area (Å²) in [5.74, 6) is 0.746. The average Bonchev–Trinajstić information content (AvgIpc) is 2.72. The molecule has 0 saturated heterocycles. The molecule has 0 saturated carbocycles. The Morgan fingerprint density at radius 1 is 1.53 bits per heavy atom. The Hall–Kier alpha value is -0.520. The molecule has 0 atom stereocenters. The number of hydrogen-bond acceptors (Lipinski definition) is 2. The molecule has 0 aliphatic carbocycles. The molecule has 4 heteroatoms. The van der Waals surface area contributed by atoms with Crippen LogP contribution in [-0.4, -0.2) is 16.9 Å². The molecule has 1 amide bonds. The summed E-state index contributed by atoms with van der Waals surface area (Å²) in [5.41, 5.74) is 0.673. The smallest absolute Gasteiger partial charge is 0.254 e. The summed E-state index contributed by atoms with van der Waals surface area (Å²) in [6.45, 7) is 2.72.